The second-order valence-electron chi connectivity index (χ2n) is 5.55. The van der Waals surface area contributed by atoms with Gasteiger partial charge in [-0.25, -0.2) is 4.79 Å². The lowest BCUT2D eigenvalue weighted by Gasteiger charge is -2.06. The highest BCUT2D eigenvalue weighted by Gasteiger charge is 1.97. The Morgan fingerprint density at radius 2 is 1.33 bits per heavy atom. The molecule has 5 heteroatoms. The molecular weight excluding hydrogens is 308 g/mol. The van der Waals surface area contributed by atoms with Crippen molar-refractivity contribution in [3.05, 3.63) is 12.2 Å². The van der Waals surface area contributed by atoms with Gasteiger partial charge in [-0.05, 0) is 19.8 Å². The van der Waals surface area contributed by atoms with Gasteiger partial charge in [-0.15, -0.1) is 0 Å². The zero-order valence-electron chi connectivity index (χ0n) is 15.6. The molecule has 0 aliphatic rings. The van der Waals surface area contributed by atoms with Crippen molar-refractivity contribution >= 4 is 5.97 Å². The summed E-state index contributed by atoms with van der Waals surface area (Å²) in [7, 11) is 0. The van der Waals surface area contributed by atoms with Gasteiger partial charge in [-0.1, -0.05) is 45.1 Å². The highest BCUT2D eigenvalue weighted by atomic mass is 16.6. The number of ether oxygens (including phenoxy) is 4. The predicted octanol–water partition coefficient (Wildman–Crippen LogP) is 3.91. The first kappa shape index (κ1) is 23.1. The van der Waals surface area contributed by atoms with Crippen LogP contribution in [0.25, 0.3) is 0 Å². The molecule has 0 aliphatic carbocycles. The number of hydrogen-bond donors (Lipinski definition) is 0. The molecule has 0 bridgehead atoms. The second kappa shape index (κ2) is 20.1. The summed E-state index contributed by atoms with van der Waals surface area (Å²) in [5.74, 6) is -0.294. The fourth-order valence-corrected chi connectivity index (χ4v) is 2.06. The topological polar surface area (TPSA) is 54.0 Å². The molecule has 0 radical (unpaired) electrons. The molecule has 0 fully saturated rings. The predicted molar refractivity (Wildman–Crippen MR) is 96.2 cm³/mol. The third-order valence-corrected chi connectivity index (χ3v) is 3.40. The molecule has 0 saturated carbocycles. The van der Waals surface area contributed by atoms with Crippen molar-refractivity contribution in [2.75, 3.05) is 46.2 Å². The third kappa shape index (κ3) is 19.1. The molecule has 0 aliphatic heterocycles. The Bertz CT molecular complexity index is 291. The van der Waals surface area contributed by atoms with Gasteiger partial charge < -0.3 is 18.9 Å². The Labute approximate surface area is 147 Å². The zero-order valence-corrected chi connectivity index (χ0v) is 15.6. The van der Waals surface area contributed by atoms with E-state index in [0.29, 0.717) is 39.6 Å². The van der Waals surface area contributed by atoms with Crippen molar-refractivity contribution in [3.8, 4) is 0 Å². The van der Waals surface area contributed by atoms with E-state index >= 15 is 0 Å². The summed E-state index contributed by atoms with van der Waals surface area (Å²) in [6.07, 6.45) is 11.9. The van der Waals surface area contributed by atoms with Gasteiger partial charge >= 0.3 is 5.97 Å². The molecule has 0 aromatic heterocycles. The van der Waals surface area contributed by atoms with Crippen LogP contribution in [0.15, 0.2) is 12.2 Å². The number of esters is 1. The summed E-state index contributed by atoms with van der Waals surface area (Å²) >= 11 is 0. The minimum Gasteiger partial charge on any atom is -0.460 e. The van der Waals surface area contributed by atoms with Gasteiger partial charge in [-0.3, -0.25) is 0 Å². The molecule has 24 heavy (non-hydrogen) atoms. The molecule has 0 atom stereocenters. The van der Waals surface area contributed by atoms with E-state index in [9.17, 15) is 4.79 Å². The first-order valence-electron chi connectivity index (χ1n) is 9.37. The van der Waals surface area contributed by atoms with E-state index in [1.807, 2.05) is 13.0 Å². The molecule has 0 saturated heterocycles. The molecule has 0 heterocycles. The quantitative estimate of drug-likeness (QED) is 0.214. The van der Waals surface area contributed by atoms with E-state index in [4.69, 9.17) is 18.9 Å². The Morgan fingerprint density at radius 3 is 2.00 bits per heavy atom. The average Bonchev–Trinajstić information content (AvgIpc) is 2.59. The average molecular weight is 344 g/mol. The van der Waals surface area contributed by atoms with Crippen molar-refractivity contribution in [3.63, 3.8) is 0 Å². The molecule has 0 rings (SSSR count). The van der Waals surface area contributed by atoms with Crippen LogP contribution in [0.3, 0.4) is 0 Å². The highest BCUT2D eigenvalue weighted by molar-refractivity contribution is 5.81. The molecular formula is C19H36O5. The van der Waals surface area contributed by atoms with E-state index < -0.39 is 0 Å². The lowest BCUT2D eigenvalue weighted by atomic mass is 10.1. The number of carbonyl (C=O) groups is 1. The largest absolute Gasteiger partial charge is 0.460 e. The normalized spacial score (nSPS) is 11.2. The van der Waals surface area contributed by atoms with Gasteiger partial charge in [-0.2, -0.15) is 0 Å². The van der Waals surface area contributed by atoms with E-state index in [1.165, 1.54) is 38.2 Å². The van der Waals surface area contributed by atoms with Crippen LogP contribution in [0.5, 0.6) is 0 Å². The molecule has 142 valence electrons. The Hall–Kier alpha value is -0.910. The van der Waals surface area contributed by atoms with Crippen molar-refractivity contribution in [1.29, 1.82) is 0 Å². The van der Waals surface area contributed by atoms with E-state index in [-0.39, 0.29) is 12.6 Å². The maximum absolute atomic E-state index is 11.4. The third-order valence-electron chi connectivity index (χ3n) is 3.40. The van der Waals surface area contributed by atoms with Gasteiger partial charge in [0.05, 0.1) is 33.0 Å². The minimum atomic E-state index is -0.294. The van der Waals surface area contributed by atoms with Crippen LogP contribution in [0.4, 0.5) is 0 Å². The number of rotatable bonds is 18. The first-order valence-corrected chi connectivity index (χ1v) is 9.37. The maximum atomic E-state index is 11.4. The lowest BCUT2D eigenvalue weighted by Crippen LogP contribution is -2.13. The lowest BCUT2D eigenvalue weighted by molar-refractivity contribution is -0.139. The minimum absolute atomic E-state index is 0.277. The van der Waals surface area contributed by atoms with Gasteiger partial charge in [0, 0.05) is 12.7 Å². The molecule has 0 N–H and O–H groups in total. The van der Waals surface area contributed by atoms with E-state index in [1.54, 1.807) is 0 Å². The number of allylic oxidation sites excluding steroid dienone is 1. The summed E-state index contributed by atoms with van der Waals surface area (Å²) in [6.45, 7) is 7.76. The fourth-order valence-electron chi connectivity index (χ4n) is 2.06. The molecule has 5 nitrogen and oxygen atoms in total. The fraction of sp³-hybridized carbons (Fsp3) is 0.842. The van der Waals surface area contributed by atoms with Crippen molar-refractivity contribution in [2.24, 2.45) is 0 Å². The zero-order chi connectivity index (χ0) is 17.7. The summed E-state index contributed by atoms with van der Waals surface area (Å²) in [6, 6.07) is 0. The smallest absolute Gasteiger partial charge is 0.330 e. The maximum Gasteiger partial charge on any atom is 0.330 e. The van der Waals surface area contributed by atoms with Crippen LogP contribution in [0.2, 0.25) is 0 Å². The number of carbonyl (C=O) groups excluding carboxylic acids is 1. The Morgan fingerprint density at radius 1 is 0.750 bits per heavy atom. The highest BCUT2D eigenvalue weighted by Crippen LogP contribution is 2.07. The summed E-state index contributed by atoms with van der Waals surface area (Å²) in [5, 5.41) is 0. The van der Waals surface area contributed by atoms with Crippen LogP contribution in [0.1, 0.15) is 58.8 Å². The SMILES string of the molecule is CCCCCCCCC=CC(=O)OCCOCCOCCOCC. The first-order chi connectivity index (χ1) is 11.8. The second-order valence-corrected chi connectivity index (χ2v) is 5.55. The van der Waals surface area contributed by atoms with Gasteiger partial charge in [0.25, 0.3) is 0 Å². The number of hydrogen-bond acceptors (Lipinski definition) is 5. The molecule has 0 unspecified atom stereocenters. The number of unbranched alkanes of at least 4 members (excludes halogenated alkanes) is 6. The van der Waals surface area contributed by atoms with Gasteiger partial charge in [0.2, 0.25) is 0 Å². The van der Waals surface area contributed by atoms with Crippen LogP contribution < -0.4 is 0 Å². The molecule has 0 amide bonds. The molecule has 0 spiro atoms. The summed E-state index contributed by atoms with van der Waals surface area (Å²) < 4.78 is 20.8. The van der Waals surface area contributed by atoms with E-state index in [0.717, 1.165) is 12.8 Å². The van der Waals surface area contributed by atoms with Crippen molar-refractivity contribution < 1.29 is 23.7 Å². The van der Waals surface area contributed by atoms with Crippen LogP contribution >= 0.6 is 0 Å². The molecule has 0 aromatic rings. The molecule has 0 aromatic carbocycles. The monoisotopic (exact) mass is 344 g/mol. The van der Waals surface area contributed by atoms with E-state index in [2.05, 4.69) is 6.92 Å². The van der Waals surface area contributed by atoms with Crippen LogP contribution in [-0.4, -0.2) is 52.2 Å². The Kier molecular flexibility index (Phi) is 19.4. The van der Waals surface area contributed by atoms with Gasteiger partial charge in [0.15, 0.2) is 0 Å². The Balaban J connectivity index is 3.24. The van der Waals surface area contributed by atoms with Crippen molar-refractivity contribution in [2.45, 2.75) is 58.8 Å². The summed E-state index contributed by atoms with van der Waals surface area (Å²) in [4.78, 5) is 11.4. The standard InChI is InChI=1S/C19H36O5/c1-3-5-6-7-8-9-10-11-12-19(20)24-18-17-23-16-15-22-14-13-21-4-2/h11-12H,3-10,13-18H2,1-2H3. The van der Waals surface area contributed by atoms with Crippen LogP contribution in [-0.2, 0) is 23.7 Å². The van der Waals surface area contributed by atoms with Gasteiger partial charge in [0.1, 0.15) is 6.61 Å². The van der Waals surface area contributed by atoms with Crippen LogP contribution in [0, 0.1) is 0 Å². The van der Waals surface area contributed by atoms with Crippen molar-refractivity contribution in [1.82, 2.24) is 0 Å². The summed E-state index contributed by atoms with van der Waals surface area (Å²) in [5.41, 5.74) is 0.